The first kappa shape index (κ1) is 18.0. The van der Waals surface area contributed by atoms with Gasteiger partial charge in [0, 0.05) is 18.7 Å². The maximum absolute atomic E-state index is 6.30. The molecule has 4 aromatic rings. The van der Waals surface area contributed by atoms with Crippen LogP contribution in [0.15, 0.2) is 78.9 Å². The lowest BCUT2D eigenvalue weighted by molar-refractivity contribution is 0.0843. The van der Waals surface area contributed by atoms with Gasteiger partial charge in [-0.2, -0.15) is 0 Å². The van der Waals surface area contributed by atoms with Crippen molar-refractivity contribution in [3.8, 4) is 17.1 Å². The maximum atomic E-state index is 6.30. The standard InChI is InChI=1S/C25H25N3O/c1-2-7-19(8-3-1)17-28-16-6-9-22(18-28)29-21-14-12-20(13-15-21)25-26-23-10-4-5-11-24(23)27-25/h1-5,7-8,10-15,22H,6,9,16-18H2,(H,26,27). The summed E-state index contributed by atoms with van der Waals surface area (Å²) >= 11 is 0. The number of fused-ring (bicyclic) bond motifs is 1. The molecule has 3 aromatic carbocycles. The lowest BCUT2D eigenvalue weighted by Crippen LogP contribution is -2.40. The predicted octanol–water partition coefficient (Wildman–Crippen LogP) is 5.27. The van der Waals surface area contributed by atoms with Crippen molar-refractivity contribution in [1.82, 2.24) is 14.9 Å². The van der Waals surface area contributed by atoms with Crippen molar-refractivity contribution in [2.45, 2.75) is 25.5 Å². The number of nitrogens with zero attached hydrogens (tertiary/aromatic N) is 2. The highest BCUT2D eigenvalue weighted by molar-refractivity contribution is 5.79. The van der Waals surface area contributed by atoms with Gasteiger partial charge >= 0.3 is 0 Å². The van der Waals surface area contributed by atoms with Crippen molar-refractivity contribution in [2.24, 2.45) is 0 Å². The first-order chi connectivity index (χ1) is 14.3. The summed E-state index contributed by atoms with van der Waals surface area (Å²) in [4.78, 5) is 10.6. The van der Waals surface area contributed by atoms with Crippen LogP contribution in [0.2, 0.25) is 0 Å². The molecule has 0 saturated carbocycles. The molecule has 29 heavy (non-hydrogen) atoms. The molecule has 1 fully saturated rings. The molecule has 0 bridgehead atoms. The number of rotatable bonds is 5. The number of ether oxygens (including phenoxy) is 1. The average Bonchev–Trinajstić information content (AvgIpc) is 3.20. The molecule has 1 aromatic heterocycles. The van der Waals surface area contributed by atoms with E-state index < -0.39 is 0 Å². The molecule has 1 unspecified atom stereocenters. The van der Waals surface area contributed by atoms with Crippen LogP contribution in [-0.4, -0.2) is 34.1 Å². The average molecular weight is 383 g/mol. The summed E-state index contributed by atoms with van der Waals surface area (Å²) in [5.41, 5.74) is 4.48. The molecule has 5 rings (SSSR count). The van der Waals surface area contributed by atoms with E-state index >= 15 is 0 Å². The predicted molar refractivity (Wildman–Crippen MR) is 117 cm³/mol. The minimum atomic E-state index is 0.240. The van der Waals surface area contributed by atoms with Crippen LogP contribution in [0.4, 0.5) is 0 Å². The summed E-state index contributed by atoms with van der Waals surface area (Å²) in [6.07, 6.45) is 2.52. The van der Waals surface area contributed by atoms with E-state index in [0.717, 1.165) is 54.2 Å². The van der Waals surface area contributed by atoms with Crippen molar-refractivity contribution < 1.29 is 4.74 Å². The Morgan fingerprint density at radius 2 is 1.72 bits per heavy atom. The van der Waals surface area contributed by atoms with Crippen molar-refractivity contribution in [2.75, 3.05) is 13.1 Å². The van der Waals surface area contributed by atoms with Crippen LogP contribution in [0.25, 0.3) is 22.4 Å². The topological polar surface area (TPSA) is 41.1 Å². The maximum Gasteiger partial charge on any atom is 0.138 e. The zero-order valence-electron chi connectivity index (χ0n) is 16.4. The highest BCUT2D eigenvalue weighted by Crippen LogP contribution is 2.25. The summed E-state index contributed by atoms with van der Waals surface area (Å²) in [6, 6.07) is 27.1. The second-order valence-electron chi connectivity index (χ2n) is 7.73. The largest absolute Gasteiger partial charge is 0.489 e. The Hall–Kier alpha value is -3.11. The minimum Gasteiger partial charge on any atom is -0.489 e. The van der Waals surface area contributed by atoms with Gasteiger partial charge in [0.1, 0.15) is 17.7 Å². The fourth-order valence-electron chi connectivity index (χ4n) is 4.07. The molecular formula is C25H25N3O. The summed E-state index contributed by atoms with van der Waals surface area (Å²) in [6.45, 7) is 3.10. The van der Waals surface area contributed by atoms with Gasteiger partial charge in [-0.25, -0.2) is 4.98 Å². The Morgan fingerprint density at radius 1 is 0.931 bits per heavy atom. The Kier molecular flexibility index (Phi) is 5.01. The Labute approximate surface area is 171 Å². The lowest BCUT2D eigenvalue weighted by atomic mass is 10.1. The zero-order valence-corrected chi connectivity index (χ0v) is 16.4. The number of imidazole rings is 1. The van der Waals surface area contributed by atoms with Gasteiger partial charge in [-0.05, 0) is 61.3 Å². The Bertz CT molecular complexity index is 1040. The van der Waals surface area contributed by atoms with Crippen LogP contribution in [0.3, 0.4) is 0 Å². The number of hydrogen-bond donors (Lipinski definition) is 1. The van der Waals surface area contributed by atoms with Gasteiger partial charge in [-0.1, -0.05) is 42.5 Å². The van der Waals surface area contributed by atoms with E-state index in [1.807, 2.05) is 24.3 Å². The molecule has 4 heteroatoms. The van der Waals surface area contributed by atoms with Gasteiger partial charge in [0.05, 0.1) is 11.0 Å². The SMILES string of the molecule is c1ccc(CN2CCCC(Oc3ccc(-c4nc5ccccc5[nH]4)cc3)C2)cc1. The van der Waals surface area contributed by atoms with Crippen LogP contribution >= 0.6 is 0 Å². The molecule has 1 atom stereocenters. The number of likely N-dealkylation sites (tertiary alicyclic amines) is 1. The monoisotopic (exact) mass is 383 g/mol. The highest BCUT2D eigenvalue weighted by Gasteiger charge is 2.21. The molecule has 2 heterocycles. The Morgan fingerprint density at radius 3 is 2.55 bits per heavy atom. The highest BCUT2D eigenvalue weighted by atomic mass is 16.5. The van der Waals surface area contributed by atoms with E-state index in [-0.39, 0.29) is 6.10 Å². The van der Waals surface area contributed by atoms with E-state index in [9.17, 15) is 0 Å². The fourth-order valence-corrected chi connectivity index (χ4v) is 4.07. The third kappa shape index (κ3) is 4.17. The Balaban J connectivity index is 1.23. The second-order valence-corrected chi connectivity index (χ2v) is 7.73. The van der Waals surface area contributed by atoms with Crippen molar-refractivity contribution >= 4 is 11.0 Å². The molecule has 1 aliphatic heterocycles. The summed E-state index contributed by atoms with van der Waals surface area (Å²) in [5, 5.41) is 0. The summed E-state index contributed by atoms with van der Waals surface area (Å²) < 4.78 is 6.30. The molecule has 146 valence electrons. The molecule has 0 radical (unpaired) electrons. The number of benzene rings is 3. The van der Waals surface area contributed by atoms with Crippen molar-refractivity contribution in [1.29, 1.82) is 0 Å². The van der Waals surface area contributed by atoms with Gasteiger partial charge in [0.25, 0.3) is 0 Å². The molecule has 0 amide bonds. The molecule has 0 spiro atoms. The number of aromatic amines is 1. The van der Waals surface area contributed by atoms with Crippen LogP contribution in [0.5, 0.6) is 5.75 Å². The quantitative estimate of drug-likeness (QED) is 0.510. The smallest absolute Gasteiger partial charge is 0.138 e. The van der Waals surface area contributed by atoms with Gasteiger partial charge in [-0.3, -0.25) is 4.90 Å². The van der Waals surface area contributed by atoms with E-state index in [4.69, 9.17) is 4.74 Å². The van der Waals surface area contributed by atoms with Gasteiger partial charge in [0.2, 0.25) is 0 Å². The molecule has 4 nitrogen and oxygen atoms in total. The number of piperidine rings is 1. The van der Waals surface area contributed by atoms with E-state index in [0.29, 0.717) is 0 Å². The first-order valence-corrected chi connectivity index (χ1v) is 10.3. The minimum absolute atomic E-state index is 0.240. The molecule has 0 aliphatic carbocycles. The van der Waals surface area contributed by atoms with E-state index in [1.165, 1.54) is 12.0 Å². The molecule has 1 N–H and O–H groups in total. The van der Waals surface area contributed by atoms with Crippen LogP contribution in [0.1, 0.15) is 18.4 Å². The van der Waals surface area contributed by atoms with Crippen LogP contribution in [0, 0.1) is 0 Å². The summed E-state index contributed by atoms with van der Waals surface area (Å²) in [5.74, 6) is 1.82. The molecule has 1 saturated heterocycles. The number of H-pyrrole nitrogens is 1. The first-order valence-electron chi connectivity index (χ1n) is 10.3. The van der Waals surface area contributed by atoms with Crippen molar-refractivity contribution in [3.05, 3.63) is 84.4 Å². The van der Waals surface area contributed by atoms with Gasteiger partial charge in [0.15, 0.2) is 0 Å². The van der Waals surface area contributed by atoms with Crippen molar-refractivity contribution in [3.63, 3.8) is 0 Å². The second kappa shape index (κ2) is 8.10. The molecular weight excluding hydrogens is 358 g/mol. The third-order valence-corrected chi connectivity index (χ3v) is 5.53. The number of nitrogens with one attached hydrogen (secondary N) is 1. The van der Waals surface area contributed by atoms with Gasteiger partial charge < -0.3 is 9.72 Å². The third-order valence-electron chi connectivity index (χ3n) is 5.53. The van der Waals surface area contributed by atoms with Gasteiger partial charge in [-0.15, -0.1) is 0 Å². The summed E-state index contributed by atoms with van der Waals surface area (Å²) in [7, 11) is 0. The fraction of sp³-hybridized carbons (Fsp3) is 0.240. The number of aromatic nitrogens is 2. The molecule has 1 aliphatic rings. The van der Waals surface area contributed by atoms with E-state index in [1.54, 1.807) is 0 Å². The van der Waals surface area contributed by atoms with Crippen LogP contribution < -0.4 is 4.74 Å². The number of hydrogen-bond acceptors (Lipinski definition) is 3. The lowest BCUT2D eigenvalue weighted by Gasteiger charge is -2.33. The number of para-hydroxylation sites is 2. The normalized spacial score (nSPS) is 17.4. The van der Waals surface area contributed by atoms with Crippen LogP contribution in [-0.2, 0) is 6.54 Å². The van der Waals surface area contributed by atoms with E-state index in [2.05, 4.69) is 69.5 Å². The zero-order chi connectivity index (χ0) is 19.5.